The largest absolute Gasteiger partial charge is 0.467 e. The molecule has 2 aliphatic carbocycles. The summed E-state index contributed by atoms with van der Waals surface area (Å²) >= 11 is 0. The molecule has 3 N–H and O–H groups in total. The van der Waals surface area contributed by atoms with Crippen molar-refractivity contribution in [1.82, 2.24) is 40.4 Å². The van der Waals surface area contributed by atoms with E-state index in [1.54, 1.807) is 18.3 Å². The monoisotopic (exact) mass is 983 g/mol. The average Bonchev–Trinajstić information content (AvgIpc) is 4.23. The Morgan fingerprint density at radius 1 is 0.972 bits per heavy atom. The van der Waals surface area contributed by atoms with Gasteiger partial charge in [-0.05, 0) is 130 Å². The lowest BCUT2D eigenvalue weighted by Crippen LogP contribution is -2.60. The average molecular weight is 983 g/mol. The first-order valence-electron chi connectivity index (χ1n) is 26.8. The predicted octanol–water partition coefficient (Wildman–Crippen LogP) is 6.75. The molecular weight excluding hydrogens is 909 g/mol. The fourth-order valence-electron chi connectivity index (χ4n) is 12.8. The molecule has 1 spiro atoms. The first-order valence-corrected chi connectivity index (χ1v) is 26.8. The van der Waals surface area contributed by atoms with Crippen molar-refractivity contribution >= 4 is 41.0 Å². The zero-order chi connectivity index (χ0) is 50.3. The summed E-state index contributed by atoms with van der Waals surface area (Å²) in [6.07, 6.45) is 11.5. The minimum absolute atomic E-state index is 0.00969. The van der Waals surface area contributed by atoms with Crippen LogP contribution in [0, 0.1) is 22.7 Å². The SMILES string of the molecule is CCn1c(-c2cccnc2[C@H](C)OC)c(CC(C)(C)COC=O)c2cc(-c3cccc(C[C@H](NC(=O)[C@H](C4CCCC4)N4CC[C@]5(CCN(C(=O)[C@@H]6N[C@@H]6C6CC6)C5)C4=O)C(=O)N4CCCCN4)c3)ccc21. The number of ether oxygens (including phenoxy) is 2. The van der Waals surface area contributed by atoms with E-state index in [-0.39, 0.29) is 60.8 Å². The molecule has 4 amide bonds. The molecule has 6 aliphatic rings. The van der Waals surface area contributed by atoms with Gasteiger partial charge >= 0.3 is 0 Å². The Bertz CT molecular complexity index is 2690. The standard InChI is InChI=1S/C57H74N8O7/c1-6-63-46-21-20-41(31-43(46)44(32-56(3,4)34-72-35-66)51(63)42-17-12-24-58-47(42)36(2)71-5)40-16-11-13-37(29-40)30-45(53(68)65-26-10-9-25-59-65)60-52(67)50(39-14-7-8-15-39)64-28-23-57(55(64)70)22-27-62(33-57)54(69)49-48(61-49)38-18-19-38/h11-13,16-17,20-21,24,29,31,35-36,38-39,45,48-50,59,61H,6-10,14-15,18-19,22-23,25-28,30,32-34H2,1-5H3,(H,60,67)/t36-,45-,48+,49+,50-,57-/m0/s1. The van der Waals surface area contributed by atoms with Gasteiger partial charge in [-0.2, -0.15) is 0 Å². The molecule has 0 bridgehead atoms. The number of fused-ring (bicyclic) bond motifs is 1. The molecule has 2 saturated carbocycles. The van der Waals surface area contributed by atoms with Crippen molar-refractivity contribution in [2.24, 2.45) is 22.7 Å². The Kier molecular flexibility index (Phi) is 14.4. The van der Waals surface area contributed by atoms with Crippen molar-refractivity contribution in [2.75, 3.05) is 46.4 Å². The molecule has 15 nitrogen and oxygen atoms in total. The summed E-state index contributed by atoms with van der Waals surface area (Å²) < 4.78 is 13.5. The number of hydrazine groups is 1. The first-order chi connectivity index (χ1) is 34.8. The van der Waals surface area contributed by atoms with Gasteiger partial charge in [-0.25, -0.2) is 5.43 Å². The van der Waals surface area contributed by atoms with Crippen LogP contribution in [-0.2, 0) is 52.8 Å². The molecule has 4 aliphatic heterocycles. The van der Waals surface area contributed by atoms with Crippen LogP contribution in [0.5, 0.6) is 0 Å². The second-order valence-corrected chi connectivity index (χ2v) is 22.5. The summed E-state index contributed by atoms with van der Waals surface area (Å²) in [6.45, 7) is 12.5. The fourth-order valence-corrected chi connectivity index (χ4v) is 12.8. The van der Waals surface area contributed by atoms with E-state index in [4.69, 9.17) is 14.5 Å². The smallest absolute Gasteiger partial charge is 0.293 e. The van der Waals surface area contributed by atoms with Gasteiger partial charge in [0.2, 0.25) is 17.7 Å². The van der Waals surface area contributed by atoms with E-state index < -0.39 is 22.9 Å². The van der Waals surface area contributed by atoms with Crippen LogP contribution in [0.25, 0.3) is 33.3 Å². The lowest BCUT2D eigenvalue weighted by Gasteiger charge is -2.35. The van der Waals surface area contributed by atoms with Crippen LogP contribution >= 0.6 is 0 Å². The van der Waals surface area contributed by atoms with E-state index in [1.807, 2.05) is 34.9 Å². The summed E-state index contributed by atoms with van der Waals surface area (Å²) in [5.41, 5.74) is 10.2. The summed E-state index contributed by atoms with van der Waals surface area (Å²) in [6, 6.07) is 17.4. The first kappa shape index (κ1) is 49.9. The Morgan fingerprint density at radius 3 is 2.50 bits per heavy atom. The summed E-state index contributed by atoms with van der Waals surface area (Å²) in [5.74, 6) is 0.221. The zero-order valence-corrected chi connectivity index (χ0v) is 42.9. The third-order valence-corrected chi connectivity index (χ3v) is 16.9. The topological polar surface area (TPSA) is 177 Å². The number of aryl methyl sites for hydroxylation is 1. The van der Waals surface area contributed by atoms with Crippen LogP contribution in [0.3, 0.4) is 0 Å². The second-order valence-electron chi connectivity index (χ2n) is 22.5. The Balaban J connectivity index is 0.943. The molecule has 0 radical (unpaired) electrons. The molecule has 2 aromatic carbocycles. The predicted molar refractivity (Wildman–Crippen MR) is 275 cm³/mol. The molecular formula is C57H74N8O7. The minimum Gasteiger partial charge on any atom is -0.467 e. The number of hydrogen-bond acceptors (Lipinski definition) is 10. The highest BCUT2D eigenvalue weighted by Crippen LogP contribution is 2.46. The molecule has 10 rings (SSSR count). The number of likely N-dealkylation sites (tertiary alicyclic amines) is 2. The molecule has 4 aromatic rings. The number of carbonyl (C=O) groups excluding carboxylic acids is 5. The van der Waals surface area contributed by atoms with Crippen LogP contribution in [0.4, 0.5) is 0 Å². The Morgan fingerprint density at radius 2 is 1.76 bits per heavy atom. The van der Waals surface area contributed by atoms with Crippen molar-refractivity contribution in [2.45, 2.75) is 142 Å². The van der Waals surface area contributed by atoms with Crippen LogP contribution in [-0.4, -0.2) is 125 Å². The van der Waals surface area contributed by atoms with Crippen molar-refractivity contribution in [1.29, 1.82) is 0 Å². The van der Waals surface area contributed by atoms with Crippen molar-refractivity contribution < 1.29 is 33.4 Å². The molecule has 4 saturated heterocycles. The van der Waals surface area contributed by atoms with E-state index in [0.29, 0.717) is 70.9 Å². The number of aromatic nitrogens is 2. The molecule has 15 heteroatoms. The number of methoxy groups -OCH3 is 1. The van der Waals surface area contributed by atoms with E-state index in [2.05, 4.69) is 77.8 Å². The normalized spacial score (nSPS) is 23.7. The third kappa shape index (κ3) is 9.92. The van der Waals surface area contributed by atoms with Gasteiger partial charge in [0.15, 0.2) is 0 Å². The number of amides is 4. The number of carbonyl (C=O) groups is 5. The lowest BCUT2D eigenvalue weighted by atomic mass is 9.84. The highest BCUT2D eigenvalue weighted by Gasteiger charge is 2.58. The van der Waals surface area contributed by atoms with Crippen molar-refractivity contribution in [3.63, 3.8) is 0 Å². The van der Waals surface area contributed by atoms with Gasteiger partial charge in [0.1, 0.15) is 18.1 Å². The van der Waals surface area contributed by atoms with Crippen LogP contribution in [0.1, 0.15) is 115 Å². The second kappa shape index (κ2) is 20.7. The van der Waals surface area contributed by atoms with Gasteiger partial charge in [-0.3, -0.25) is 39.3 Å². The van der Waals surface area contributed by atoms with Gasteiger partial charge in [-0.15, -0.1) is 0 Å². The molecule has 6 heterocycles. The van der Waals surface area contributed by atoms with E-state index in [1.165, 1.54) is 12.8 Å². The van der Waals surface area contributed by atoms with Crippen LogP contribution in [0.15, 0.2) is 60.8 Å². The van der Waals surface area contributed by atoms with E-state index in [0.717, 1.165) is 88.6 Å². The highest BCUT2D eigenvalue weighted by molar-refractivity contribution is 5.97. The van der Waals surface area contributed by atoms with Crippen LogP contribution < -0.4 is 16.1 Å². The van der Waals surface area contributed by atoms with Gasteiger partial charge < -0.3 is 29.2 Å². The minimum atomic E-state index is -0.881. The zero-order valence-electron chi connectivity index (χ0n) is 42.9. The number of rotatable bonds is 19. The quantitative estimate of drug-likeness (QED) is 0.0673. The number of nitrogens with zero attached hydrogens (tertiary/aromatic N) is 5. The molecule has 384 valence electrons. The Labute approximate surface area is 424 Å². The van der Waals surface area contributed by atoms with Crippen molar-refractivity contribution in [3.05, 3.63) is 77.6 Å². The van der Waals surface area contributed by atoms with Gasteiger partial charge in [0, 0.05) is 86.9 Å². The number of benzene rings is 2. The maximum absolute atomic E-state index is 15.1. The fraction of sp³-hybridized carbons (Fsp3) is 0.579. The maximum atomic E-state index is 15.1. The summed E-state index contributed by atoms with van der Waals surface area (Å²) in [5, 5.41) is 9.43. The molecule has 0 unspecified atom stereocenters. The van der Waals surface area contributed by atoms with E-state index >= 15 is 4.79 Å². The molecule has 72 heavy (non-hydrogen) atoms. The summed E-state index contributed by atoms with van der Waals surface area (Å²) in [4.78, 5) is 78.0. The number of pyridine rings is 1. The van der Waals surface area contributed by atoms with Gasteiger partial charge in [0.25, 0.3) is 12.4 Å². The molecule has 2 aromatic heterocycles. The highest BCUT2D eigenvalue weighted by atomic mass is 16.5. The van der Waals surface area contributed by atoms with Gasteiger partial charge in [0.05, 0.1) is 29.5 Å². The van der Waals surface area contributed by atoms with E-state index in [9.17, 15) is 19.2 Å². The van der Waals surface area contributed by atoms with Gasteiger partial charge in [-0.1, -0.05) is 57.0 Å². The molecule has 6 fully saturated rings. The van der Waals surface area contributed by atoms with Crippen LogP contribution in [0.2, 0.25) is 0 Å². The lowest BCUT2D eigenvalue weighted by molar-refractivity contribution is -0.146. The van der Waals surface area contributed by atoms with Crippen molar-refractivity contribution in [3.8, 4) is 22.4 Å². The summed E-state index contributed by atoms with van der Waals surface area (Å²) in [7, 11) is 1.69. The maximum Gasteiger partial charge on any atom is 0.293 e. The third-order valence-electron chi connectivity index (χ3n) is 16.9. The number of nitrogens with one attached hydrogen (secondary N) is 3. The number of hydrogen-bond donors (Lipinski definition) is 3. The molecule has 6 atom stereocenters. The Hall–Kier alpha value is -5.64.